The van der Waals surface area contributed by atoms with Gasteiger partial charge in [-0.2, -0.15) is 0 Å². The monoisotopic (exact) mass is 313 g/mol. The first-order valence-electron chi connectivity index (χ1n) is 7.60. The summed E-state index contributed by atoms with van der Waals surface area (Å²) in [5, 5.41) is 4.21. The number of methoxy groups -OCH3 is 1. The van der Waals surface area contributed by atoms with Gasteiger partial charge in [-0.05, 0) is 51.9 Å². The van der Waals surface area contributed by atoms with Gasteiger partial charge in [0.05, 0.1) is 12.2 Å². The summed E-state index contributed by atoms with van der Waals surface area (Å²) >= 11 is 6.12. The lowest BCUT2D eigenvalue weighted by Crippen LogP contribution is -2.25. The van der Waals surface area contributed by atoms with Crippen molar-refractivity contribution in [3.8, 4) is 5.75 Å². The van der Waals surface area contributed by atoms with E-state index < -0.39 is 0 Å². The van der Waals surface area contributed by atoms with Crippen LogP contribution in [0.15, 0.2) is 18.2 Å². The van der Waals surface area contributed by atoms with Crippen LogP contribution < -0.4 is 10.1 Å². The minimum atomic E-state index is -0.168. The number of halogens is 1. The van der Waals surface area contributed by atoms with Crippen LogP contribution in [0.2, 0.25) is 5.02 Å². The van der Waals surface area contributed by atoms with Crippen molar-refractivity contribution in [3.05, 3.63) is 28.8 Å². The van der Waals surface area contributed by atoms with Crippen molar-refractivity contribution in [1.82, 2.24) is 5.32 Å². The molecule has 1 N–H and O–H groups in total. The zero-order valence-electron chi connectivity index (χ0n) is 13.8. The van der Waals surface area contributed by atoms with E-state index in [1.165, 1.54) is 0 Å². The third-order valence-electron chi connectivity index (χ3n) is 3.65. The van der Waals surface area contributed by atoms with Crippen molar-refractivity contribution in [2.75, 3.05) is 20.3 Å². The van der Waals surface area contributed by atoms with Crippen LogP contribution in [0.4, 0.5) is 0 Å². The second-order valence-corrected chi connectivity index (χ2v) is 6.36. The molecule has 1 aromatic carbocycles. The van der Waals surface area contributed by atoms with Gasteiger partial charge in [-0.15, -0.1) is 0 Å². The zero-order valence-corrected chi connectivity index (χ0v) is 14.6. The number of ether oxygens (including phenoxy) is 2. The summed E-state index contributed by atoms with van der Waals surface area (Å²) in [4.78, 5) is 0. The lowest BCUT2D eigenvalue weighted by Gasteiger charge is -2.24. The molecule has 1 atom stereocenters. The van der Waals surface area contributed by atoms with Crippen LogP contribution in [0, 0.1) is 0 Å². The van der Waals surface area contributed by atoms with Crippen LogP contribution in [0.1, 0.15) is 52.1 Å². The van der Waals surface area contributed by atoms with E-state index in [1.807, 2.05) is 18.2 Å². The first kappa shape index (κ1) is 18.3. The number of hydrogen-bond donors (Lipinski definition) is 1. The largest absolute Gasteiger partial charge is 0.493 e. The summed E-state index contributed by atoms with van der Waals surface area (Å²) in [7, 11) is 1.73. The Hall–Kier alpha value is -0.770. The Morgan fingerprint density at radius 1 is 1.33 bits per heavy atom. The Labute approximate surface area is 134 Å². The summed E-state index contributed by atoms with van der Waals surface area (Å²) in [6.45, 7) is 10.0. The van der Waals surface area contributed by atoms with Gasteiger partial charge in [0.2, 0.25) is 0 Å². The Morgan fingerprint density at radius 3 is 2.67 bits per heavy atom. The molecule has 0 fully saturated rings. The summed E-state index contributed by atoms with van der Waals surface area (Å²) in [6.07, 6.45) is 1.94. The molecule has 0 aliphatic heterocycles. The zero-order chi connectivity index (χ0) is 15.9. The first-order chi connectivity index (χ1) is 9.89. The van der Waals surface area contributed by atoms with Gasteiger partial charge in [0.15, 0.2) is 0 Å². The molecular formula is C17H28ClNO2. The SMILES string of the molecule is CCCNC(C)c1cc(Cl)ccc1OCCC(C)(C)OC. The van der Waals surface area contributed by atoms with Crippen LogP contribution in [0.5, 0.6) is 5.75 Å². The molecule has 0 heterocycles. The maximum Gasteiger partial charge on any atom is 0.124 e. The van der Waals surface area contributed by atoms with Gasteiger partial charge >= 0.3 is 0 Å². The van der Waals surface area contributed by atoms with E-state index in [1.54, 1.807) is 7.11 Å². The summed E-state index contributed by atoms with van der Waals surface area (Å²) in [5.41, 5.74) is 0.935. The molecular weight excluding hydrogens is 286 g/mol. The minimum absolute atomic E-state index is 0.168. The lowest BCUT2D eigenvalue weighted by molar-refractivity contribution is 0.00535. The second kappa shape index (κ2) is 8.62. The Bertz CT molecular complexity index is 435. The van der Waals surface area contributed by atoms with Gasteiger partial charge in [-0.25, -0.2) is 0 Å². The molecule has 0 saturated heterocycles. The molecule has 0 saturated carbocycles. The molecule has 3 nitrogen and oxygen atoms in total. The third-order valence-corrected chi connectivity index (χ3v) is 3.89. The molecule has 4 heteroatoms. The number of benzene rings is 1. The standard InChI is InChI=1S/C17H28ClNO2/c1-6-10-19-13(2)15-12-14(18)7-8-16(15)21-11-9-17(3,4)20-5/h7-8,12-13,19H,6,9-11H2,1-5H3. The molecule has 1 aromatic rings. The van der Waals surface area contributed by atoms with E-state index in [9.17, 15) is 0 Å². The van der Waals surface area contributed by atoms with Crippen LogP contribution in [0.3, 0.4) is 0 Å². The summed E-state index contributed by atoms with van der Waals surface area (Å²) < 4.78 is 11.4. The molecule has 120 valence electrons. The highest BCUT2D eigenvalue weighted by molar-refractivity contribution is 6.30. The Morgan fingerprint density at radius 2 is 2.05 bits per heavy atom. The maximum atomic E-state index is 6.12. The van der Waals surface area contributed by atoms with Crippen LogP contribution in [-0.2, 0) is 4.74 Å². The third kappa shape index (κ3) is 6.25. The Kier molecular flexibility index (Phi) is 7.50. The highest BCUT2D eigenvalue weighted by Gasteiger charge is 2.17. The molecule has 1 rings (SSSR count). The van der Waals surface area contributed by atoms with E-state index in [2.05, 4.69) is 33.0 Å². The van der Waals surface area contributed by atoms with E-state index in [0.29, 0.717) is 6.61 Å². The predicted octanol–water partition coefficient (Wildman–Crippen LogP) is 4.59. The normalized spacial score (nSPS) is 13.2. The van der Waals surface area contributed by atoms with Gasteiger partial charge < -0.3 is 14.8 Å². The van der Waals surface area contributed by atoms with Crippen LogP contribution >= 0.6 is 11.6 Å². The summed E-state index contributed by atoms with van der Waals surface area (Å²) in [6, 6.07) is 6.01. The fourth-order valence-corrected chi connectivity index (χ4v) is 2.15. The number of nitrogens with one attached hydrogen (secondary N) is 1. The highest BCUT2D eigenvalue weighted by Crippen LogP contribution is 2.29. The molecule has 0 spiro atoms. The fraction of sp³-hybridized carbons (Fsp3) is 0.647. The number of hydrogen-bond acceptors (Lipinski definition) is 3. The average Bonchev–Trinajstić information content (AvgIpc) is 2.46. The maximum absolute atomic E-state index is 6.12. The Balaban J connectivity index is 2.72. The van der Waals surface area contributed by atoms with Crippen molar-refractivity contribution < 1.29 is 9.47 Å². The molecule has 0 radical (unpaired) electrons. The van der Waals surface area contributed by atoms with Crippen molar-refractivity contribution in [1.29, 1.82) is 0 Å². The van der Waals surface area contributed by atoms with Crippen LogP contribution in [-0.4, -0.2) is 25.9 Å². The van der Waals surface area contributed by atoms with Gasteiger partial charge in [0.25, 0.3) is 0 Å². The minimum Gasteiger partial charge on any atom is -0.493 e. The first-order valence-corrected chi connectivity index (χ1v) is 7.98. The van der Waals surface area contributed by atoms with Gasteiger partial charge in [0, 0.05) is 30.2 Å². The molecule has 0 aliphatic rings. The highest BCUT2D eigenvalue weighted by atomic mass is 35.5. The fourth-order valence-electron chi connectivity index (χ4n) is 1.97. The van der Waals surface area contributed by atoms with Crippen molar-refractivity contribution in [3.63, 3.8) is 0 Å². The second-order valence-electron chi connectivity index (χ2n) is 5.92. The summed E-state index contributed by atoms with van der Waals surface area (Å²) in [5.74, 6) is 0.891. The van der Waals surface area contributed by atoms with Gasteiger partial charge in [-0.3, -0.25) is 0 Å². The molecule has 0 bridgehead atoms. The topological polar surface area (TPSA) is 30.5 Å². The van der Waals surface area contributed by atoms with Crippen molar-refractivity contribution in [2.45, 2.75) is 52.2 Å². The lowest BCUT2D eigenvalue weighted by atomic mass is 10.1. The van der Waals surface area contributed by atoms with Gasteiger partial charge in [-0.1, -0.05) is 18.5 Å². The molecule has 21 heavy (non-hydrogen) atoms. The molecule has 0 amide bonds. The van der Waals surface area contributed by atoms with E-state index in [-0.39, 0.29) is 11.6 Å². The van der Waals surface area contributed by atoms with E-state index >= 15 is 0 Å². The number of rotatable bonds is 9. The quantitative estimate of drug-likeness (QED) is 0.723. The average molecular weight is 314 g/mol. The van der Waals surface area contributed by atoms with Crippen molar-refractivity contribution >= 4 is 11.6 Å². The van der Waals surface area contributed by atoms with Crippen LogP contribution in [0.25, 0.3) is 0 Å². The predicted molar refractivity (Wildman–Crippen MR) is 89.4 cm³/mol. The van der Waals surface area contributed by atoms with Gasteiger partial charge in [0.1, 0.15) is 5.75 Å². The van der Waals surface area contributed by atoms with Crippen molar-refractivity contribution in [2.24, 2.45) is 0 Å². The smallest absolute Gasteiger partial charge is 0.124 e. The molecule has 1 unspecified atom stereocenters. The van der Waals surface area contributed by atoms with E-state index in [0.717, 1.165) is 35.7 Å². The molecule has 0 aliphatic carbocycles. The molecule has 0 aromatic heterocycles. The van der Waals surface area contributed by atoms with E-state index in [4.69, 9.17) is 21.1 Å².